The van der Waals surface area contributed by atoms with Gasteiger partial charge in [-0.1, -0.05) is 60.9 Å². The molecule has 5 rings (SSSR count). The second kappa shape index (κ2) is 9.45. The summed E-state index contributed by atoms with van der Waals surface area (Å²) in [7, 11) is 0. The van der Waals surface area contributed by atoms with Crippen molar-refractivity contribution in [3.8, 4) is 0 Å². The Morgan fingerprint density at radius 1 is 0.909 bits per heavy atom. The van der Waals surface area contributed by atoms with Crippen LogP contribution in [0.15, 0.2) is 66.7 Å². The number of anilines is 2. The fourth-order valence-corrected chi connectivity index (χ4v) is 4.36. The van der Waals surface area contributed by atoms with Crippen molar-refractivity contribution in [3.63, 3.8) is 0 Å². The summed E-state index contributed by atoms with van der Waals surface area (Å²) in [6.07, 6.45) is 4.95. The van der Waals surface area contributed by atoms with E-state index in [9.17, 15) is 4.79 Å². The van der Waals surface area contributed by atoms with Gasteiger partial charge in [-0.15, -0.1) is 0 Å². The van der Waals surface area contributed by atoms with Gasteiger partial charge in [0.25, 0.3) is 5.91 Å². The molecule has 168 valence electrons. The summed E-state index contributed by atoms with van der Waals surface area (Å²) in [5, 5.41) is 8.63. The fourth-order valence-electron chi connectivity index (χ4n) is 4.36. The fraction of sp³-hybridized carbons (Fsp3) is 0.296. The number of carbonyl (C=O) groups excluding carboxylic acids is 1. The molecule has 1 aliphatic heterocycles. The van der Waals surface area contributed by atoms with Gasteiger partial charge < -0.3 is 10.2 Å². The van der Waals surface area contributed by atoms with E-state index in [1.54, 1.807) is 12.1 Å². The molecule has 1 amide bonds. The molecule has 6 heteroatoms. The van der Waals surface area contributed by atoms with Crippen LogP contribution in [0.25, 0.3) is 11.0 Å². The summed E-state index contributed by atoms with van der Waals surface area (Å²) in [6, 6.07) is 21.8. The second-order valence-electron chi connectivity index (χ2n) is 8.75. The predicted molar refractivity (Wildman–Crippen MR) is 133 cm³/mol. The topological polar surface area (TPSA) is 63.1 Å². The molecule has 0 spiro atoms. The number of carbonyl (C=O) groups is 1. The minimum Gasteiger partial charge on any atom is -0.357 e. The van der Waals surface area contributed by atoms with Gasteiger partial charge in [-0.2, -0.15) is 5.10 Å². The molecule has 0 atom stereocenters. The van der Waals surface area contributed by atoms with Crippen molar-refractivity contribution < 1.29 is 4.79 Å². The molecule has 0 bridgehead atoms. The van der Waals surface area contributed by atoms with E-state index in [1.165, 1.54) is 31.2 Å². The first-order chi connectivity index (χ1) is 16.2. The predicted octanol–water partition coefficient (Wildman–Crippen LogP) is 5.42. The van der Waals surface area contributed by atoms with Gasteiger partial charge in [0.15, 0.2) is 11.5 Å². The molecule has 1 N–H and O–H groups in total. The molecule has 1 saturated heterocycles. The number of pyridine rings is 1. The summed E-state index contributed by atoms with van der Waals surface area (Å²) in [6.45, 7) is 4.73. The normalized spacial score (nSPS) is 14.3. The number of amides is 1. The maximum absolute atomic E-state index is 12.8. The van der Waals surface area contributed by atoms with Gasteiger partial charge in [0.1, 0.15) is 5.82 Å². The van der Waals surface area contributed by atoms with E-state index in [0.717, 1.165) is 35.5 Å². The Hall–Kier alpha value is -3.67. The average Bonchev–Trinajstić information content (AvgIpc) is 3.01. The van der Waals surface area contributed by atoms with Gasteiger partial charge in [0.2, 0.25) is 0 Å². The molecule has 0 saturated carbocycles. The summed E-state index contributed by atoms with van der Waals surface area (Å²) in [4.78, 5) is 20.2. The number of aromatic nitrogens is 3. The van der Waals surface area contributed by atoms with Crippen molar-refractivity contribution in [2.75, 3.05) is 23.3 Å². The highest BCUT2D eigenvalue weighted by Gasteiger charge is 2.18. The molecule has 33 heavy (non-hydrogen) atoms. The zero-order valence-corrected chi connectivity index (χ0v) is 19.0. The highest BCUT2D eigenvalue weighted by Crippen LogP contribution is 2.27. The number of hydrogen-bond acceptors (Lipinski definition) is 4. The standard InChI is InChI=1S/C27H29N5O/c1-20-11-13-21(14-12-20)19-32-26-23(15-16-24(28-26)31-17-7-2-3-8-18-31)25(30-32)29-27(33)22-9-5-4-6-10-22/h4-6,9-16H,2-3,7-8,17-19H2,1H3,(H,29,30,33). The Morgan fingerprint density at radius 2 is 1.64 bits per heavy atom. The number of benzene rings is 2. The maximum atomic E-state index is 12.8. The number of aryl methyl sites for hydroxylation is 1. The first kappa shape index (κ1) is 21.2. The lowest BCUT2D eigenvalue weighted by Crippen LogP contribution is -2.24. The van der Waals surface area contributed by atoms with Crippen LogP contribution in [0.1, 0.15) is 47.2 Å². The summed E-state index contributed by atoms with van der Waals surface area (Å²) in [5.74, 6) is 1.35. The SMILES string of the molecule is Cc1ccc(Cn2nc(NC(=O)c3ccccc3)c3ccc(N4CCCCCC4)nc32)cc1. The van der Waals surface area contributed by atoms with E-state index in [2.05, 4.69) is 47.5 Å². The Bertz CT molecular complexity index is 1240. The molecule has 0 radical (unpaired) electrons. The van der Waals surface area contributed by atoms with Crippen molar-refractivity contribution in [2.24, 2.45) is 0 Å². The van der Waals surface area contributed by atoms with Gasteiger partial charge in [-0.05, 0) is 49.6 Å². The molecular formula is C27H29N5O. The van der Waals surface area contributed by atoms with E-state index in [0.29, 0.717) is 17.9 Å². The van der Waals surface area contributed by atoms with Crippen molar-refractivity contribution >= 4 is 28.6 Å². The largest absolute Gasteiger partial charge is 0.357 e. The second-order valence-corrected chi connectivity index (χ2v) is 8.75. The van der Waals surface area contributed by atoms with Crippen molar-refractivity contribution in [1.82, 2.24) is 14.8 Å². The minimum absolute atomic E-state index is 0.172. The van der Waals surface area contributed by atoms with Gasteiger partial charge in [0, 0.05) is 18.7 Å². The van der Waals surface area contributed by atoms with Crippen LogP contribution in [0.5, 0.6) is 0 Å². The average molecular weight is 440 g/mol. The zero-order chi connectivity index (χ0) is 22.6. The summed E-state index contributed by atoms with van der Waals surface area (Å²) in [5.41, 5.74) is 3.77. The molecule has 2 aromatic carbocycles. The Kier molecular flexibility index (Phi) is 6.07. The monoisotopic (exact) mass is 439 g/mol. The Labute approximate surface area is 194 Å². The van der Waals surface area contributed by atoms with Crippen LogP contribution in [-0.4, -0.2) is 33.8 Å². The van der Waals surface area contributed by atoms with E-state index < -0.39 is 0 Å². The highest BCUT2D eigenvalue weighted by atomic mass is 16.1. The van der Waals surface area contributed by atoms with Crippen molar-refractivity contribution in [1.29, 1.82) is 0 Å². The third-order valence-electron chi connectivity index (χ3n) is 6.23. The Balaban J connectivity index is 1.52. The third kappa shape index (κ3) is 4.75. The van der Waals surface area contributed by atoms with E-state index >= 15 is 0 Å². The van der Waals surface area contributed by atoms with E-state index in [1.807, 2.05) is 28.9 Å². The lowest BCUT2D eigenvalue weighted by Gasteiger charge is -2.21. The van der Waals surface area contributed by atoms with Gasteiger partial charge in [-0.3, -0.25) is 4.79 Å². The third-order valence-corrected chi connectivity index (χ3v) is 6.23. The van der Waals surface area contributed by atoms with E-state index in [4.69, 9.17) is 10.1 Å². The number of nitrogens with zero attached hydrogens (tertiary/aromatic N) is 4. The first-order valence-corrected chi connectivity index (χ1v) is 11.7. The molecule has 0 unspecified atom stereocenters. The van der Waals surface area contributed by atoms with Gasteiger partial charge in [-0.25, -0.2) is 9.67 Å². The molecule has 1 fully saturated rings. The Morgan fingerprint density at radius 3 is 2.36 bits per heavy atom. The number of rotatable bonds is 5. The molecule has 6 nitrogen and oxygen atoms in total. The number of nitrogens with one attached hydrogen (secondary N) is 1. The lowest BCUT2D eigenvalue weighted by atomic mass is 10.1. The minimum atomic E-state index is -0.172. The maximum Gasteiger partial charge on any atom is 0.256 e. The molecular weight excluding hydrogens is 410 g/mol. The van der Waals surface area contributed by atoms with Crippen LogP contribution >= 0.6 is 0 Å². The van der Waals surface area contributed by atoms with Crippen LogP contribution in [-0.2, 0) is 6.54 Å². The van der Waals surface area contributed by atoms with Crippen molar-refractivity contribution in [2.45, 2.75) is 39.2 Å². The molecule has 1 aliphatic rings. The van der Waals surface area contributed by atoms with Crippen molar-refractivity contribution in [3.05, 3.63) is 83.4 Å². The molecule has 2 aromatic heterocycles. The number of hydrogen-bond donors (Lipinski definition) is 1. The number of fused-ring (bicyclic) bond motifs is 1. The van der Waals surface area contributed by atoms with E-state index in [-0.39, 0.29) is 5.91 Å². The lowest BCUT2D eigenvalue weighted by molar-refractivity contribution is 0.102. The highest BCUT2D eigenvalue weighted by molar-refractivity contribution is 6.07. The van der Waals surface area contributed by atoms with Crippen LogP contribution in [0.2, 0.25) is 0 Å². The van der Waals surface area contributed by atoms with Crippen LogP contribution in [0.3, 0.4) is 0 Å². The smallest absolute Gasteiger partial charge is 0.256 e. The quantitative estimate of drug-likeness (QED) is 0.451. The molecule has 3 heterocycles. The zero-order valence-electron chi connectivity index (χ0n) is 19.0. The summed E-state index contributed by atoms with van der Waals surface area (Å²) >= 11 is 0. The molecule has 4 aromatic rings. The van der Waals surface area contributed by atoms with Gasteiger partial charge >= 0.3 is 0 Å². The molecule has 0 aliphatic carbocycles. The van der Waals surface area contributed by atoms with Crippen LogP contribution in [0, 0.1) is 6.92 Å². The first-order valence-electron chi connectivity index (χ1n) is 11.7. The van der Waals surface area contributed by atoms with Crippen LogP contribution in [0.4, 0.5) is 11.6 Å². The summed E-state index contributed by atoms with van der Waals surface area (Å²) < 4.78 is 1.90. The van der Waals surface area contributed by atoms with Gasteiger partial charge in [0.05, 0.1) is 11.9 Å². The van der Waals surface area contributed by atoms with Crippen LogP contribution < -0.4 is 10.2 Å².